The molecule has 6 nitrogen and oxygen atoms in total. The van der Waals surface area contributed by atoms with Crippen molar-refractivity contribution in [2.75, 3.05) is 24.2 Å². The lowest BCUT2D eigenvalue weighted by Gasteiger charge is -2.06. The predicted octanol–water partition coefficient (Wildman–Crippen LogP) is 0.341. The highest BCUT2D eigenvalue weighted by molar-refractivity contribution is 7.92. The molecule has 0 saturated carbocycles. The molecule has 0 aliphatic carbocycles. The van der Waals surface area contributed by atoms with Crippen molar-refractivity contribution in [3.63, 3.8) is 0 Å². The van der Waals surface area contributed by atoms with Crippen molar-refractivity contribution in [2.45, 2.75) is 0 Å². The Hall–Kier alpha value is -1.65. The van der Waals surface area contributed by atoms with Crippen LogP contribution in [0.4, 0.5) is 5.82 Å². The third-order valence-electron chi connectivity index (χ3n) is 1.71. The number of nitriles is 1. The number of anilines is 1. The molecule has 0 aliphatic heterocycles. The lowest BCUT2D eigenvalue weighted by atomic mass is 10.3. The van der Waals surface area contributed by atoms with E-state index in [0.29, 0.717) is 5.56 Å². The maximum absolute atomic E-state index is 11.4. The number of sulfonamides is 1. The fourth-order valence-corrected chi connectivity index (χ4v) is 1.85. The second kappa shape index (κ2) is 5.44. The zero-order chi connectivity index (χ0) is 12.0. The highest BCUT2D eigenvalue weighted by atomic mass is 32.2. The van der Waals surface area contributed by atoms with Gasteiger partial charge in [-0.05, 0) is 12.1 Å². The molecular formula is C9H11N3O3S. The van der Waals surface area contributed by atoms with Crippen molar-refractivity contribution in [3.05, 3.63) is 23.9 Å². The lowest BCUT2D eigenvalue weighted by molar-refractivity contribution is 0.217. The fourth-order valence-electron chi connectivity index (χ4n) is 0.924. The Morgan fingerprint density at radius 2 is 2.31 bits per heavy atom. The van der Waals surface area contributed by atoms with E-state index >= 15 is 0 Å². The summed E-state index contributed by atoms with van der Waals surface area (Å²) in [7, 11) is -2.01. The smallest absolute Gasteiger partial charge is 0.236 e. The first-order valence-corrected chi connectivity index (χ1v) is 6.08. The van der Waals surface area contributed by atoms with E-state index in [-0.39, 0.29) is 18.2 Å². The number of rotatable bonds is 5. The van der Waals surface area contributed by atoms with E-state index in [1.807, 2.05) is 6.07 Å². The number of hydrogen-bond donors (Lipinski definition) is 1. The summed E-state index contributed by atoms with van der Waals surface area (Å²) >= 11 is 0. The molecule has 16 heavy (non-hydrogen) atoms. The highest BCUT2D eigenvalue weighted by Gasteiger charge is 2.10. The van der Waals surface area contributed by atoms with Gasteiger partial charge in [-0.15, -0.1) is 0 Å². The summed E-state index contributed by atoms with van der Waals surface area (Å²) in [6.07, 6.45) is 1.30. The third kappa shape index (κ3) is 3.84. The normalized spacial score (nSPS) is 10.8. The summed E-state index contributed by atoms with van der Waals surface area (Å²) < 4.78 is 29.8. The van der Waals surface area contributed by atoms with E-state index in [4.69, 9.17) is 5.26 Å². The Kier molecular flexibility index (Phi) is 4.22. The van der Waals surface area contributed by atoms with Crippen LogP contribution >= 0.6 is 0 Å². The van der Waals surface area contributed by atoms with Crippen molar-refractivity contribution in [3.8, 4) is 6.07 Å². The maximum atomic E-state index is 11.4. The minimum absolute atomic E-state index is 0.117. The molecule has 0 radical (unpaired) electrons. The maximum Gasteiger partial charge on any atom is 0.236 e. The first-order valence-electron chi connectivity index (χ1n) is 4.43. The fraction of sp³-hybridized carbons (Fsp3) is 0.333. The number of methoxy groups -OCH3 is 1. The van der Waals surface area contributed by atoms with Crippen molar-refractivity contribution in [1.82, 2.24) is 4.98 Å². The molecule has 1 N–H and O–H groups in total. The molecule has 0 atom stereocenters. The van der Waals surface area contributed by atoms with Gasteiger partial charge in [-0.2, -0.15) is 5.26 Å². The topological polar surface area (TPSA) is 92.1 Å². The Morgan fingerprint density at radius 3 is 2.81 bits per heavy atom. The highest BCUT2D eigenvalue weighted by Crippen LogP contribution is 2.06. The number of nitrogens with zero attached hydrogens (tertiary/aromatic N) is 2. The lowest BCUT2D eigenvalue weighted by Crippen LogP contribution is -2.20. The molecule has 7 heteroatoms. The quantitative estimate of drug-likeness (QED) is 0.802. The van der Waals surface area contributed by atoms with Crippen LogP contribution in [0, 0.1) is 11.3 Å². The van der Waals surface area contributed by atoms with Gasteiger partial charge < -0.3 is 4.74 Å². The van der Waals surface area contributed by atoms with Gasteiger partial charge in [-0.1, -0.05) is 0 Å². The predicted molar refractivity (Wildman–Crippen MR) is 58.2 cm³/mol. The van der Waals surface area contributed by atoms with Gasteiger partial charge in [0.1, 0.15) is 11.9 Å². The standard InChI is InChI=1S/C9H11N3O3S/c1-15-4-5-16(13,14)12-9-3-2-8(6-10)7-11-9/h2-3,7H,4-5H2,1H3,(H,11,12). The summed E-state index contributed by atoms with van der Waals surface area (Å²) in [6, 6.07) is 4.81. The summed E-state index contributed by atoms with van der Waals surface area (Å²) in [6.45, 7) is 0.117. The van der Waals surface area contributed by atoms with E-state index in [0.717, 1.165) is 0 Å². The van der Waals surface area contributed by atoms with Crippen LogP contribution in [0.1, 0.15) is 5.56 Å². The zero-order valence-corrected chi connectivity index (χ0v) is 9.49. The number of pyridine rings is 1. The molecule has 0 saturated heterocycles. The van der Waals surface area contributed by atoms with E-state index in [2.05, 4.69) is 14.4 Å². The van der Waals surface area contributed by atoms with E-state index in [1.165, 1.54) is 25.4 Å². The molecule has 86 valence electrons. The van der Waals surface area contributed by atoms with E-state index < -0.39 is 10.0 Å². The first kappa shape index (κ1) is 12.4. The molecule has 0 bridgehead atoms. The number of aromatic nitrogens is 1. The SMILES string of the molecule is COCCS(=O)(=O)Nc1ccc(C#N)cn1. The minimum atomic E-state index is -3.44. The van der Waals surface area contributed by atoms with Gasteiger partial charge in [-0.25, -0.2) is 13.4 Å². The van der Waals surface area contributed by atoms with Crippen molar-refractivity contribution in [1.29, 1.82) is 5.26 Å². The minimum Gasteiger partial charge on any atom is -0.384 e. The van der Waals surface area contributed by atoms with Crippen LogP contribution in [-0.4, -0.2) is 32.9 Å². The molecule has 0 aromatic carbocycles. The van der Waals surface area contributed by atoms with Gasteiger partial charge >= 0.3 is 0 Å². The van der Waals surface area contributed by atoms with Gasteiger partial charge in [0, 0.05) is 13.3 Å². The molecule has 0 spiro atoms. The monoisotopic (exact) mass is 241 g/mol. The van der Waals surface area contributed by atoms with E-state index in [9.17, 15) is 8.42 Å². The Labute approximate surface area is 93.9 Å². The average Bonchev–Trinajstić information content (AvgIpc) is 2.27. The van der Waals surface area contributed by atoms with Gasteiger partial charge in [0.15, 0.2) is 0 Å². The van der Waals surface area contributed by atoms with Crippen molar-refractivity contribution in [2.24, 2.45) is 0 Å². The van der Waals surface area contributed by atoms with Crippen LogP contribution in [-0.2, 0) is 14.8 Å². The van der Waals surface area contributed by atoms with Crippen LogP contribution < -0.4 is 4.72 Å². The summed E-state index contributed by atoms with van der Waals surface area (Å²) in [5, 5.41) is 8.53. The second-order valence-corrected chi connectivity index (χ2v) is 4.80. The number of hydrogen-bond acceptors (Lipinski definition) is 5. The second-order valence-electron chi connectivity index (χ2n) is 2.96. The average molecular weight is 241 g/mol. The summed E-state index contributed by atoms with van der Waals surface area (Å²) in [4.78, 5) is 3.79. The van der Waals surface area contributed by atoms with Crippen LogP contribution in [0.5, 0.6) is 0 Å². The largest absolute Gasteiger partial charge is 0.384 e. The molecule has 1 aromatic rings. The molecular weight excluding hydrogens is 230 g/mol. The summed E-state index contributed by atoms with van der Waals surface area (Å²) in [5.74, 6) is 0.0562. The molecule has 0 amide bonds. The van der Waals surface area contributed by atoms with Crippen LogP contribution in [0.3, 0.4) is 0 Å². The number of nitrogens with one attached hydrogen (secondary N) is 1. The Morgan fingerprint density at radius 1 is 1.56 bits per heavy atom. The molecule has 1 rings (SSSR count). The summed E-state index contributed by atoms with van der Waals surface area (Å²) in [5.41, 5.74) is 0.375. The van der Waals surface area contributed by atoms with Gasteiger partial charge in [0.25, 0.3) is 0 Å². The number of ether oxygens (including phenoxy) is 1. The van der Waals surface area contributed by atoms with Crippen molar-refractivity contribution < 1.29 is 13.2 Å². The Balaban J connectivity index is 2.70. The van der Waals surface area contributed by atoms with E-state index in [1.54, 1.807) is 0 Å². The van der Waals surface area contributed by atoms with Gasteiger partial charge in [0.05, 0.1) is 17.9 Å². The zero-order valence-electron chi connectivity index (χ0n) is 8.67. The van der Waals surface area contributed by atoms with Gasteiger partial charge in [0.2, 0.25) is 10.0 Å². The first-order chi connectivity index (χ1) is 7.57. The van der Waals surface area contributed by atoms with Crippen LogP contribution in [0.15, 0.2) is 18.3 Å². The molecule has 1 aromatic heterocycles. The van der Waals surface area contributed by atoms with Gasteiger partial charge in [-0.3, -0.25) is 4.72 Å². The molecule has 0 fully saturated rings. The third-order valence-corrected chi connectivity index (χ3v) is 2.93. The molecule has 0 aliphatic rings. The van der Waals surface area contributed by atoms with Crippen LogP contribution in [0.25, 0.3) is 0 Å². The van der Waals surface area contributed by atoms with Crippen LogP contribution in [0.2, 0.25) is 0 Å². The molecule has 0 unspecified atom stereocenters. The molecule has 1 heterocycles. The van der Waals surface area contributed by atoms with Crippen molar-refractivity contribution >= 4 is 15.8 Å². The Bertz CT molecular complexity index is 476.